The third kappa shape index (κ3) is 12.3. The molecule has 3 aromatic carbocycles. The average molecular weight is 1160 g/mol. The second-order valence-electron chi connectivity index (χ2n) is 19.2. The van der Waals surface area contributed by atoms with Crippen LogP contribution in [0.4, 0.5) is 27.2 Å². The number of aliphatic hydroxyl groups excluding tert-OH is 1. The normalized spacial score (nSPS) is 25.1. The Morgan fingerprint density at radius 2 is 1.11 bits per heavy atom. The Bertz CT molecular complexity index is 2500. The van der Waals surface area contributed by atoms with Crippen LogP contribution in [0.2, 0.25) is 0 Å². The van der Waals surface area contributed by atoms with Crippen LogP contribution in [0, 0.1) is 38.7 Å². The molecule has 8 rings (SSSR count). The van der Waals surface area contributed by atoms with E-state index in [1.807, 2.05) is 0 Å². The number of likely N-dealkylation sites (tertiary alicyclic amines) is 2. The molecule has 2 aliphatic carbocycles. The molecular weight excluding hydrogens is 1100 g/mol. The quantitative estimate of drug-likeness (QED) is 0.102. The minimum Gasteiger partial charge on any atom is -0.444 e. The predicted molar refractivity (Wildman–Crippen MR) is 255 cm³/mol. The van der Waals surface area contributed by atoms with Gasteiger partial charge in [0.15, 0.2) is 0 Å². The molecule has 5 aliphatic rings. The average Bonchev–Trinajstić information content (AvgIpc) is 4.04. The van der Waals surface area contributed by atoms with Gasteiger partial charge < -0.3 is 24.3 Å². The van der Waals surface area contributed by atoms with Crippen LogP contribution in [0.5, 0.6) is 0 Å². The number of piperidine rings is 2. The molecule has 2 saturated heterocycles. The second-order valence-corrected chi connectivity index (χ2v) is 26.8. The van der Waals surface area contributed by atoms with Crippen LogP contribution in [0.15, 0.2) is 60.7 Å². The molecule has 3 aromatic rings. The van der Waals surface area contributed by atoms with E-state index in [1.54, 1.807) is 47.6 Å². The minimum absolute atomic E-state index is 0.00113. The van der Waals surface area contributed by atoms with E-state index in [0.717, 1.165) is 39.2 Å². The van der Waals surface area contributed by atoms with E-state index in [4.69, 9.17) is 44.9 Å². The molecule has 3 heterocycles. The van der Waals surface area contributed by atoms with E-state index in [0.29, 0.717) is 30.5 Å². The van der Waals surface area contributed by atoms with Crippen LogP contribution in [0.3, 0.4) is 0 Å². The first-order chi connectivity index (χ1) is 32.9. The van der Waals surface area contributed by atoms with Crippen LogP contribution in [0.25, 0.3) is 0 Å². The zero-order chi connectivity index (χ0) is 53.3. The fraction of sp³-hybridized carbons (Fsp3) is 0.479. The number of aldehydes is 1. The number of benzene rings is 3. The van der Waals surface area contributed by atoms with Gasteiger partial charge in [0.25, 0.3) is 0 Å². The molecular formula is C48H55Cl2F4IN2O14. The molecule has 3 aliphatic heterocycles. The van der Waals surface area contributed by atoms with Crippen molar-refractivity contribution in [2.24, 2.45) is 11.8 Å². The maximum Gasteiger partial charge on any atom is 0.410 e. The Morgan fingerprint density at radius 3 is 1.52 bits per heavy atom. The molecule has 6 atom stereocenters. The van der Waals surface area contributed by atoms with E-state index in [9.17, 15) is 56.2 Å². The summed E-state index contributed by atoms with van der Waals surface area (Å²) in [7, 11) is 0. The third-order valence-corrected chi connectivity index (χ3v) is 19.8. The molecule has 71 heavy (non-hydrogen) atoms. The standard InChI is InChI=1S/C17H21F2NO3.C17H19F2NO3.C13H13IO8.CH2Cl2/c2*1-16(2,3)23-15(22)20-9-17(7-13(17)14(20)8-21)10-4-11(18)6-12(19)5-10;1-8(15)19-14(20-9(2)16,21-10(3)17)12-7-5-4-6-11(12)13(18)22-14;2-1-3/h4-6,13-14,21H,7-9H2,1-3H3;4-6,8,13-14H,7,9H2,1-3H3;4-7H,1-3H3;1H2. The molecule has 2 amide bonds. The summed E-state index contributed by atoms with van der Waals surface area (Å²) in [5, 5.41) is 9.85. The second kappa shape index (κ2) is 21.1. The summed E-state index contributed by atoms with van der Waals surface area (Å²) in [4.78, 5) is 85.6. The molecule has 16 nitrogen and oxygen atoms in total. The first kappa shape index (κ1) is 56.7. The van der Waals surface area contributed by atoms with Crippen LogP contribution in [0.1, 0.15) is 96.6 Å². The molecule has 23 heteroatoms. The van der Waals surface area contributed by atoms with Crippen LogP contribution >= 0.6 is 41.9 Å². The van der Waals surface area contributed by atoms with Crippen molar-refractivity contribution in [2.75, 3.05) is 25.0 Å². The molecule has 2 saturated carbocycles. The van der Waals surface area contributed by atoms with Crippen molar-refractivity contribution >= 4 is 84.3 Å². The summed E-state index contributed by atoms with van der Waals surface area (Å²) >= 11 is 3.50. The predicted octanol–water partition coefficient (Wildman–Crippen LogP) is 9.25. The summed E-state index contributed by atoms with van der Waals surface area (Å²) in [6, 6.07) is 11.7. The molecule has 0 aromatic heterocycles. The number of carbonyl (C=O) groups is 7. The van der Waals surface area contributed by atoms with Gasteiger partial charge >= 0.3 is 140 Å². The fourth-order valence-corrected chi connectivity index (χ4v) is 16.8. The molecule has 390 valence electrons. The van der Waals surface area contributed by atoms with Crippen molar-refractivity contribution in [3.63, 3.8) is 0 Å². The molecule has 0 radical (unpaired) electrons. The van der Waals surface area contributed by atoms with Crippen molar-refractivity contribution < 1.29 is 78.0 Å². The smallest absolute Gasteiger partial charge is 0.410 e. The summed E-state index contributed by atoms with van der Waals surface area (Å²) in [5.74, 6) is -6.32. The third-order valence-electron chi connectivity index (χ3n) is 11.6. The summed E-state index contributed by atoms with van der Waals surface area (Å²) in [6.07, 6.45) is 0.996. The van der Waals surface area contributed by atoms with Gasteiger partial charge in [-0.25, -0.2) is 27.2 Å². The number of nitrogens with zero attached hydrogens (tertiary/aromatic N) is 2. The molecule has 4 fully saturated rings. The van der Waals surface area contributed by atoms with Gasteiger partial charge in [0.2, 0.25) is 0 Å². The molecule has 0 spiro atoms. The Balaban J connectivity index is 0.000000193. The number of rotatable bonds is 7. The van der Waals surface area contributed by atoms with Crippen LogP contribution in [-0.4, -0.2) is 106 Å². The van der Waals surface area contributed by atoms with Gasteiger partial charge in [-0.15, -0.1) is 23.2 Å². The number of halogens is 7. The number of fused-ring (bicyclic) bond motifs is 3. The van der Waals surface area contributed by atoms with Gasteiger partial charge in [0.05, 0.1) is 24.0 Å². The summed E-state index contributed by atoms with van der Waals surface area (Å²) < 4.78 is 85.3. The number of carbonyl (C=O) groups excluding carboxylic acids is 7. The Morgan fingerprint density at radius 1 is 0.718 bits per heavy atom. The molecule has 6 unspecified atom stereocenters. The first-order valence-electron chi connectivity index (χ1n) is 21.9. The number of hydrogen-bond acceptors (Lipinski definition) is 14. The Kier molecular flexibility index (Phi) is 16.8. The van der Waals surface area contributed by atoms with Crippen molar-refractivity contribution in [1.82, 2.24) is 9.80 Å². The Hall–Kier alpha value is -5.26. The molecule has 1 N–H and O–H groups in total. The van der Waals surface area contributed by atoms with Gasteiger partial charge in [-0.2, -0.15) is 0 Å². The summed E-state index contributed by atoms with van der Waals surface area (Å²) in [5.41, 5.74) is -1.28. The minimum atomic E-state index is -6.03. The zero-order valence-corrected chi connectivity index (χ0v) is 43.9. The van der Waals surface area contributed by atoms with Gasteiger partial charge in [0, 0.05) is 36.1 Å². The van der Waals surface area contributed by atoms with Gasteiger partial charge in [-0.1, -0.05) is 0 Å². The topological polar surface area (TPSA) is 202 Å². The first-order valence-corrected chi connectivity index (χ1v) is 27.5. The van der Waals surface area contributed by atoms with E-state index in [2.05, 4.69) is 0 Å². The number of hydrogen-bond donors (Lipinski definition) is 1. The number of amides is 2. The van der Waals surface area contributed by atoms with E-state index in [1.165, 1.54) is 52.3 Å². The van der Waals surface area contributed by atoms with Crippen LogP contribution < -0.4 is 0 Å². The number of aliphatic hydroxyl groups is 1. The fourth-order valence-electron chi connectivity index (χ4n) is 9.08. The Labute approximate surface area is 420 Å². The van der Waals surface area contributed by atoms with Crippen molar-refractivity contribution in [1.29, 1.82) is 0 Å². The zero-order valence-electron chi connectivity index (χ0n) is 40.2. The van der Waals surface area contributed by atoms with Crippen molar-refractivity contribution in [3.05, 3.63) is 104 Å². The maximum atomic E-state index is 13.5. The van der Waals surface area contributed by atoms with E-state index < -0.39 is 106 Å². The largest absolute Gasteiger partial charge is 0.444 e. The number of alkyl halides is 2. The van der Waals surface area contributed by atoms with E-state index >= 15 is 0 Å². The van der Waals surface area contributed by atoms with Gasteiger partial charge in [-0.05, 0) is 102 Å². The van der Waals surface area contributed by atoms with Crippen LogP contribution in [-0.2, 0) is 51.7 Å². The SMILES string of the molecule is CC(=O)OI1(OC(C)=O)(OC(C)=O)OC(=O)c2ccccc21.CC(C)(C)OC(=O)N1CC2(c3cc(F)cc(F)c3)CC2C1C=O.CC(C)(C)OC(=O)N1CC2(c3cc(F)cc(F)c3)CC2C1CO.ClCCl. The maximum absolute atomic E-state index is 13.5. The summed E-state index contributed by atoms with van der Waals surface area (Å²) in [6.45, 7) is 14.0. The van der Waals surface area contributed by atoms with E-state index in [-0.39, 0.29) is 45.5 Å². The molecule has 0 bridgehead atoms. The monoisotopic (exact) mass is 1160 g/mol. The van der Waals surface area contributed by atoms with Crippen molar-refractivity contribution in [3.8, 4) is 0 Å². The van der Waals surface area contributed by atoms with Gasteiger partial charge in [0.1, 0.15) is 40.8 Å². The number of ether oxygens (including phenoxy) is 2. The van der Waals surface area contributed by atoms with Gasteiger partial charge in [-0.3, -0.25) is 4.90 Å². The van der Waals surface area contributed by atoms with Crippen molar-refractivity contribution in [2.45, 2.75) is 109 Å².